The Labute approximate surface area is 130 Å². The molecule has 1 aliphatic heterocycles. The van der Waals surface area contributed by atoms with Crippen molar-refractivity contribution in [3.05, 3.63) is 29.3 Å². The Balaban J connectivity index is 2.03. The van der Waals surface area contributed by atoms with Gasteiger partial charge in [0.25, 0.3) is 5.91 Å². The number of nitrogens with one attached hydrogen (secondary N) is 2. The van der Waals surface area contributed by atoms with Gasteiger partial charge in [-0.05, 0) is 24.6 Å². The maximum Gasteiger partial charge on any atom is 0.253 e. The number of carbonyl (C=O) groups is 2. The van der Waals surface area contributed by atoms with Gasteiger partial charge in [-0.2, -0.15) is 0 Å². The molecule has 1 aromatic carbocycles. The van der Waals surface area contributed by atoms with E-state index in [1.54, 1.807) is 26.2 Å². The number of hydrogen-bond donors (Lipinski definition) is 2. The van der Waals surface area contributed by atoms with E-state index in [0.717, 1.165) is 12.1 Å². The zero-order valence-electron chi connectivity index (χ0n) is 13.3. The van der Waals surface area contributed by atoms with Crippen molar-refractivity contribution in [3.63, 3.8) is 0 Å². The smallest absolute Gasteiger partial charge is 0.253 e. The largest absolute Gasteiger partial charge is 0.378 e. The minimum Gasteiger partial charge on any atom is -0.378 e. The molecule has 1 fully saturated rings. The number of aryl methyl sites for hydroxylation is 1. The first kappa shape index (κ1) is 16.5. The van der Waals surface area contributed by atoms with Crippen molar-refractivity contribution in [2.75, 3.05) is 39.2 Å². The first-order chi connectivity index (χ1) is 10.5. The predicted molar refractivity (Wildman–Crippen MR) is 85.1 cm³/mol. The van der Waals surface area contributed by atoms with Gasteiger partial charge < -0.3 is 20.3 Å². The third-order valence-corrected chi connectivity index (χ3v) is 3.60. The van der Waals surface area contributed by atoms with Crippen LogP contribution in [0.3, 0.4) is 0 Å². The summed E-state index contributed by atoms with van der Waals surface area (Å²) in [6.45, 7) is 3.91. The van der Waals surface area contributed by atoms with Gasteiger partial charge in [-0.3, -0.25) is 9.59 Å². The minimum atomic E-state index is -0.0853. The number of benzene rings is 1. The topological polar surface area (TPSA) is 70.7 Å². The zero-order valence-corrected chi connectivity index (χ0v) is 13.3. The van der Waals surface area contributed by atoms with E-state index in [9.17, 15) is 9.59 Å². The number of amides is 2. The second-order valence-corrected chi connectivity index (χ2v) is 5.71. The highest BCUT2D eigenvalue weighted by Gasteiger charge is 2.18. The molecular formula is C16H23N3O3. The number of carbonyl (C=O) groups excluding carboxylic acids is 2. The minimum absolute atomic E-state index is 0.0423. The van der Waals surface area contributed by atoms with Gasteiger partial charge >= 0.3 is 0 Å². The fourth-order valence-electron chi connectivity index (χ4n) is 2.32. The fourth-order valence-corrected chi connectivity index (χ4v) is 2.32. The van der Waals surface area contributed by atoms with Crippen LogP contribution in [0.1, 0.15) is 22.3 Å². The van der Waals surface area contributed by atoms with Gasteiger partial charge in [-0.25, -0.2) is 0 Å². The highest BCUT2D eigenvalue weighted by molar-refractivity contribution is 5.97. The normalized spacial score (nSPS) is 17.9. The van der Waals surface area contributed by atoms with Crippen LogP contribution in [0.5, 0.6) is 0 Å². The van der Waals surface area contributed by atoms with Crippen molar-refractivity contribution >= 4 is 17.5 Å². The van der Waals surface area contributed by atoms with E-state index < -0.39 is 0 Å². The summed E-state index contributed by atoms with van der Waals surface area (Å²) in [7, 11) is 3.41. The van der Waals surface area contributed by atoms with Gasteiger partial charge in [0.1, 0.15) is 0 Å². The maximum absolute atomic E-state index is 12.1. The highest BCUT2D eigenvalue weighted by Crippen LogP contribution is 2.18. The average molecular weight is 305 g/mol. The first-order valence-corrected chi connectivity index (χ1v) is 7.40. The van der Waals surface area contributed by atoms with E-state index in [-0.39, 0.29) is 17.9 Å². The molecule has 6 heteroatoms. The highest BCUT2D eigenvalue weighted by atomic mass is 16.5. The molecule has 22 heavy (non-hydrogen) atoms. The van der Waals surface area contributed by atoms with Crippen molar-refractivity contribution in [2.24, 2.45) is 0 Å². The molecular weight excluding hydrogens is 282 g/mol. The van der Waals surface area contributed by atoms with Crippen LogP contribution in [0, 0.1) is 6.92 Å². The summed E-state index contributed by atoms with van der Waals surface area (Å²) in [5, 5.41) is 6.13. The summed E-state index contributed by atoms with van der Waals surface area (Å²) in [6, 6.07) is 5.37. The van der Waals surface area contributed by atoms with Crippen molar-refractivity contribution in [2.45, 2.75) is 19.4 Å². The number of rotatable bonds is 4. The molecule has 0 radical (unpaired) electrons. The second kappa shape index (κ2) is 7.38. The molecule has 120 valence electrons. The van der Waals surface area contributed by atoms with Crippen LogP contribution in [-0.4, -0.2) is 56.6 Å². The SMILES string of the molecule is Cc1ccc(C(=O)N(C)C)cc1NC(=O)CC1COCCN1. The van der Waals surface area contributed by atoms with E-state index >= 15 is 0 Å². The zero-order chi connectivity index (χ0) is 16.1. The van der Waals surface area contributed by atoms with Gasteiger partial charge in [0.2, 0.25) is 5.91 Å². The van der Waals surface area contributed by atoms with E-state index in [1.807, 2.05) is 13.0 Å². The van der Waals surface area contributed by atoms with Gasteiger partial charge in [-0.15, -0.1) is 0 Å². The van der Waals surface area contributed by atoms with Crippen LogP contribution in [0.2, 0.25) is 0 Å². The molecule has 1 aliphatic rings. The summed E-state index contributed by atoms with van der Waals surface area (Å²) in [6.07, 6.45) is 0.352. The lowest BCUT2D eigenvalue weighted by molar-refractivity contribution is -0.117. The third kappa shape index (κ3) is 4.29. The molecule has 0 spiro atoms. The van der Waals surface area contributed by atoms with Gasteiger partial charge in [0.15, 0.2) is 0 Å². The maximum atomic E-state index is 12.1. The standard InChI is InChI=1S/C16H23N3O3/c1-11-4-5-12(16(21)19(2)3)8-14(11)18-15(20)9-13-10-22-7-6-17-13/h4-5,8,13,17H,6-7,9-10H2,1-3H3,(H,18,20). The molecule has 1 saturated heterocycles. The summed E-state index contributed by atoms with van der Waals surface area (Å²) in [5.74, 6) is -0.168. The Morgan fingerprint density at radius 1 is 1.41 bits per heavy atom. The molecule has 2 N–H and O–H groups in total. The lowest BCUT2D eigenvalue weighted by Crippen LogP contribution is -2.43. The van der Waals surface area contributed by atoms with Crippen LogP contribution in [0.15, 0.2) is 18.2 Å². The molecule has 1 unspecified atom stereocenters. The van der Waals surface area contributed by atoms with E-state index in [2.05, 4.69) is 10.6 Å². The monoisotopic (exact) mass is 305 g/mol. The molecule has 2 amide bonds. The predicted octanol–water partition coefficient (Wildman–Crippen LogP) is 1.01. The quantitative estimate of drug-likeness (QED) is 0.871. The summed E-state index contributed by atoms with van der Waals surface area (Å²) < 4.78 is 5.34. The molecule has 0 aromatic heterocycles. The molecule has 1 heterocycles. The molecule has 0 saturated carbocycles. The van der Waals surface area contributed by atoms with Crippen LogP contribution < -0.4 is 10.6 Å². The van der Waals surface area contributed by atoms with Crippen LogP contribution in [-0.2, 0) is 9.53 Å². The van der Waals surface area contributed by atoms with Gasteiger partial charge in [-0.1, -0.05) is 6.07 Å². The molecule has 0 aliphatic carbocycles. The Morgan fingerprint density at radius 3 is 2.82 bits per heavy atom. The van der Waals surface area contributed by atoms with Crippen molar-refractivity contribution in [1.82, 2.24) is 10.2 Å². The van der Waals surface area contributed by atoms with Crippen molar-refractivity contribution in [1.29, 1.82) is 0 Å². The van der Waals surface area contributed by atoms with Crippen LogP contribution in [0.4, 0.5) is 5.69 Å². The lowest BCUT2D eigenvalue weighted by Gasteiger charge is -2.23. The van der Waals surface area contributed by atoms with E-state index in [0.29, 0.717) is 30.9 Å². The number of morpholine rings is 1. The van der Waals surface area contributed by atoms with Crippen LogP contribution >= 0.6 is 0 Å². The van der Waals surface area contributed by atoms with Gasteiger partial charge in [0, 0.05) is 44.4 Å². The van der Waals surface area contributed by atoms with Crippen LogP contribution in [0.25, 0.3) is 0 Å². The molecule has 0 bridgehead atoms. The lowest BCUT2D eigenvalue weighted by atomic mass is 10.1. The second-order valence-electron chi connectivity index (χ2n) is 5.71. The van der Waals surface area contributed by atoms with Crippen molar-refractivity contribution < 1.29 is 14.3 Å². The molecule has 2 rings (SSSR count). The molecule has 1 atom stereocenters. The number of ether oxygens (including phenoxy) is 1. The number of nitrogens with zero attached hydrogens (tertiary/aromatic N) is 1. The Morgan fingerprint density at radius 2 is 2.18 bits per heavy atom. The van der Waals surface area contributed by atoms with E-state index in [1.165, 1.54) is 4.90 Å². The first-order valence-electron chi connectivity index (χ1n) is 7.40. The summed E-state index contributed by atoms with van der Waals surface area (Å²) >= 11 is 0. The fraction of sp³-hybridized carbons (Fsp3) is 0.500. The third-order valence-electron chi connectivity index (χ3n) is 3.60. The molecule has 1 aromatic rings. The molecule has 6 nitrogen and oxygen atoms in total. The van der Waals surface area contributed by atoms with Crippen molar-refractivity contribution in [3.8, 4) is 0 Å². The Bertz CT molecular complexity index is 552. The Hall–Kier alpha value is -1.92. The number of anilines is 1. The van der Waals surface area contributed by atoms with E-state index in [4.69, 9.17) is 4.74 Å². The Kier molecular flexibility index (Phi) is 5.51. The average Bonchev–Trinajstić information content (AvgIpc) is 2.49. The summed E-state index contributed by atoms with van der Waals surface area (Å²) in [4.78, 5) is 25.7. The van der Waals surface area contributed by atoms with Gasteiger partial charge in [0.05, 0.1) is 13.2 Å². The number of hydrogen-bond acceptors (Lipinski definition) is 4. The summed E-state index contributed by atoms with van der Waals surface area (Å²) in [5.41, 5.74) is 2.16.